The van der Waals surface area contributed by atoms with Crippen LogP contribution in [-0.4, -0.2) is 27.8 Å². The summed E-state index contributed by atoms with van der Waals surface area (Å²) in [5.74, 6) is 0.371. The van der Waals surface area contributed by atoms with E-state index in [1.807, 2.05) is 60.7 Å². The van der Waals surface area contributed by atoms with E-state index in [-0.39, 0.29) is 18.3 Å². The van der Waals surface area contributed by atoms with Crippen LogP contribution in [0.25, 0.3) is 27.6 Å². The van der Waals surface area contributed by atoms with Gasteiger partial charge < -0.3 is 9.84 Å². The number of benzene rings is 3. The molecule has 4 aromatic rings. The zero-order chi connectivity index (χ0) is 18.8. The third kappa shape index (κ3) is 3.13. The maximum Gasteiger partial charge on any atom is 0.414 e. The van der Waals surface area contributed by atoms with Crippen LogP contribution in [0, 0.1) is 0 Å². The van der Waals surface area contributed by atoms with Crippen molar-refractivity contribution in [2.75, 3.05) is 11.9 Å². The Morgan fingerprint density at radius 2 is 1.74 bits per heavy atom. The van der Waals surface area contributed by atoms with Crippen molar-refractivity contribution in [3.63, 3.8) is 0 Å². The molecular formula is C21H17N3O3. The van der Waals surface area contributed by atoms with Gasteiger partial charge in [-0.15, -0.1) is 0 Å². The van der Waals surface area contributed by atoms with Crippen molar-refractivity contribution in [1.29, 1.82) is 0 Å². The molecule has 6 nitrogen and oxygen atoms in total. The first kappa shape index (κ1) is 16.8. The van der Waals surface area contributed by atoms with Crippen molar-refractivity contribution in [1.82, 2.24) is 9.97 Å². The van der Waals surface area contributed by atoms with Crippen LogP contribution in [-0.2, 0) is 4.74 Å². The molecule has 0 spiro atoms. The summed E-state index contributed by atoms with van der Waals surface area (Å²) in [6, 6.07) is 18.6. The van der Waals surface area contributed by atoms with E-state index in [0.29, 0.717) is 16.3 Å². The Kier molecular flexibility index (Phi) is 4.30. The summed E-state index contributed by atoms with van der Waals surface area (Å²) in [5.41, 5.74) is 2.08. The third-order valence-corrected chi connectivity index (χ3v) is 4.24. The van der Waals surface area contributed by atoms with Crippen LogP contribution < -0.4 is 10.5 Å². The van der Waals surface area contributed by atoms with Crippen molar-refractivity contribution in [2.45, 2.75) is 6.92 Å². The quantitative estimate of drug-likeness (QED) is 0.581. The molecule has 1 heterocycles. The van der Waals surface area contributed by atoms with Gasteiger partial charge in [0, 0.05) is 16.2 Å². The molecule has 4 rings (SSSR count). The topological polar surface area (TPSA) is 84.3 Å². The number of nitrogens with one attached hydrogen (secondary N) is 1. The van der Waals surface area contributed by atoms with Gasteiger partial charge in [-0.3, -0.25) is 5.32 Å². The predicted molar refractivity (Wildman–Crippen MR) is 104 cm³/mol. The fraction of sp³-hybridized carbons (Fsp3) is 0.0952. The van der Waals surface area contributed by atoms with Crippen molar-refractivity contribution in [3.8, 4) is 0 Å². The van der Waals surface area contributed by atoms with E-state index >= 15 is 0 Å². The zero-order valence-corrected chi connectivity index (χ0v) is 14.6. The van der Waals surface area contributed by atoms with E-state index in [1.165, 1.54) is 0 Å². The van der Waals surface area contributed by atoms with Crippen LogP contribution in [0.4, 0.5) is 10.7 Å². The number of carbonyl (C=O) groups is 1. The van der Waals surface area contributed by atoms with Crippen LogP contribution in [0.5, 0.6) is 0 Å². The van der Waals surface area contributed by atoms with Gasteiger partial charge in [0.15, 0.2) is 0 Å². The Balaban J connectivity index is 1.92. The standard InChI is InChI=1S/C21H17N3O3/c1-2-27-21(26)24-20-22-16-10-6-9-14-15(11-12-17(23-20)18(14)16)19(25)13-7-4-3-5-8-13/h3-12,25H,2H2,1H3,(H,22,23,24,26)/b19-15+. The van der Waals surface area contributed by atoms with E-state index in [0.717, 1.165) is 16.3 Å². The van der Waals surface area contributed by atoms with Crippen molar-refractivity contribution < 1.29 is 14.6 Å². The van der Waals surface area contributed by atoms with E-state index in [9.17, 15) is 9.90 Å². The second-order valence-electron chi connectivity index (χ2n) is 5.94. The molecule has 0 bridgehead atoms. The maximum absolute atomic E-state index is 11.7. The second kappa shape index (κ2) is 6.92. The SMILES string of the molecule is CCOC(=O)Nc1nc2cccc3/c(=C(/O)c4ccccc4)ccc(n1)c23. The smallest absolute Gasteiger partial charge is 0.414 e. The van der Waals surface area contributed by atoms with E-state index in [4.69, 9.17) is 4.74 Å². The van der Waals surface area contributed by atoms with Gasteiger partial charge in [0.1, 0.15) is 5.76 Å². The lowest BCUT2D eigenvalue weighted by atomic mass is 10.0. The molecule has 1 aromatic heterocycles. The molecule has 0 atom stereocenters. The van der Waals surface area contributed by atoms with Gasteiger partial charge in [-0.2, -0.15) is 0 Å². The first-order valence-electron chi connectivity index (χ1n) is 8.59. The minimum atomic E-state index is -0.595. The van der Waals surface area contributed by atoms with Gasteiger partial charge >= 0.3 is 6.09 Å². The van der Waals surface area contributed by atoms with Gasteiger partial charge in [0.2, 0.25) is 5.95 Å². The number of rotatable bonds is 3. The zero-order valence-electron chi connectivity index (χ0n) is 14.6. The first-order valence-corrected chi connectivity index (χ1v) is 8.59. The number of carbonyl (C=O) groups excluding carboxylic acids is 1. The number of nitrogens with zero attached hydrogens (tertiary/aromatic N) is 2. The average Bonchev–Trinajstić information content (AvgIpc) is 2.69. The molecular weight excluding hydrogens is 342 g/mol. The lowest BCUT2D eigenvalue weighted by Gasteiger charge is -2.09. The molecule has 0 aliphatic heterocycles. The van der Waals surface area contributed by atoms with Crippen molar-refractivity contribution in [2.24, 2.45) is 0 Å². The van der Waals surface area contributed by atoms with Crippen molar-refractivity contribution in [3.05, 3.63) is 71.4 Å². The third-order valence-electron chi connectivity index (χ3n) is 4.24. The molecule has 1 amide bonds. The molecule has 0 saturated carbocycles. The second-order valence-corrected chi connectivity index (χ2v) is 5.94. The highest BCUT2D eigenvalue weighted by atomic mass is 16.5. The summed E-state index contributed by atoms with van der Waals surface area (Å²) in [7, 11) is 0. The van der Waals surface area contributed by atoms with Crippen molar-refractivity contribution >= 4 is 39.6 Å². The number of amides is 1. The Bertz CT molecular complexity index is 1170. The largest absolute Gasteiger partial charge is 0.507 e. The number of ether oxygens (including phenoxy) is 1. The maximum atomic E-state index is 11.7. The molecule has 0 radical (unpaired) electrons. The summed E-state index contributed by atoms with van der Waals surface area (Å²) in [6.45, 7) is 2.00. The highest BCUT2D eigenvalue weighted by molar-refractivity contribution is 6.08. The lowest BCUT2D eigenvalue weighted by molar-refractivity contribution is 0.167. The fourth-order valence-electron chi connectivity index (χ4n) is 3.08. The number of aliphatic hydroxyl groups is 1. The average molecular weight is 359 g/mol. The van der Waals surface area contributed by atoms with Gasteiger partial charge in [0.25, 0.3) is 0 Å². The van der Waals surface area contributed by atoms with Crippen LogP contribution in [0.1, 0.15) is 12.5 Å². The molecule has 134 valence electrons. The summed E-state index contributed by atoms with van der Waals surface area (Å²) < 4.78 is 4.88. The fourth-order valence-corrected chi connectivity index (χ4v) is 3.08. The number of aromatic nitrogens is 2. The predicted octanol–water partition coefficient (Wildman–Crippen LogP) is 3.78. The Morgan fingerprint density at radius 3 is 2.48 bits per heavy atom. The van der Waals surface area contributed by atoms with Gasteiger partial charge in [0.05, 0.1) is 17.6 Å². The molecule has 0 aliphatic carbocycles. The lowest BCUT2D eigenvalue weighted by Crippen LogP contribution is -2.16. The van der Waals surface area contributed by atoms with E-state index in [2.05, 4.69) is 15.3 Å². The molecule has 3 aromatic carbocycles. The highest BCUT2D eigenvalue weighted by Gasteiger charge is 2.12. The first-order chi connectivity index (χ1) is 13.2. The van der Waals surface area contributed by atoms with Gasteiger partial charge in [-0.25, -0.2) is 14.8 Å². The van der Waals surface area contributed by atoms with Crippen LogP contribution >= 0.6 is 0 Å². The molecule has 27 heavy (non-hydrogen) atoms. The minimum absolute atomic E-state index is 0.178. The van der Waals surface area contributed by atoms with E-state index in [1.54, 1.807) is 6.92 Å². The molecule has 0 fully saturated rings. The Hall–Kier alpha value is -3.67. The molecule has 2 N–H and O–H groups in total. The minimum Gasteiger partial charge on any atom is -0.507 e. The normalized spacial score (nSPS) is 12.2. The number of aliphatic hydroxyl groups excluding tert-OH is 1. The monoisotopic (exact) mass is 359 g/mol. The molecule has 0 saturated heterocycles. The Labute approximate surface area is 155 Å². The number of anilines is 1. The summed E-state index contributed by atoms with van der Waals surface area (Å²) in [5, 5.41) is 15.7. The molecule has 0 unspecified atom stereocenters. The Morgan fingerprint density at radius 1 is 1.00 bits per heavy atom. The molecule has 6 heteroatoms. The summed E-state index contributed by atoms with van der Waals surface area (Å²) in [4.78, 5) is 20.5. The van der Waals surface area contributed by atoms with E-state index < -0.39 is 6.09 Å². The highest BCUT2D eigenvalue weighted by Crippen LogP contribution is 2.24. The van der Waals surface area contributed by atoms with Gasteiger partial charge in [-0.1, -0.05) is 42.5 Å². The summed E-state index contributed by atoms with van der Waals surface area (Å²) >= 11 is 0. The van der Waals surface area contributed by atoms with Gasteiger partial charge in [-0.05, 0) is 30.5 Å². The van der Waals surface area contributed by atoms with Crippen LogP contribution in [0.15, 0.2) is 60.7 Å². The van der Waals surface area contributed by atoms with Crippen LogP contribution in [0.2, 0.25) is 0 Å². The van der Waals surface area contributed by atoms with Crippen LogP contribution in [0.3, 0.4) is 0 Å². The summed E-state index contributed by atoms with van der Waals surface area (Å²) in [6.07, 6.45) is -0.595. The molecule has 0 aliphatic rings. The number of hydrogen-bond donors (Lipinski definition) is 2. The number of hydrogen-bond acceptors (Lipinski definition) is 5.